The second-order valence-electron chi connectivity index (χ2n) is 7.38. The summed E-state index contributed by atoms with van der Waals surface area (Å²) >= 11 is 1.71. The number of rotatable bonds is 3. The van der Waals surface area contributed by atoms with E-state index in [4.69, 9.17) is 0 Å². The van der Waals surface area contributed by atoms with Crippen molar-refractivity contribution in [1.29, 1.82) is 0 Å². The van der Waals surface area contributed by atoms with E-state index in [1.54, 1.807) is 23.6 Å². The van der Waals surface area contributed by atoms with Gasteiger partial charge in [-0.15, -0.1) is 11.3 Å². The fraction of sp³-hybridized carbons (Fsp3) is 0.526. The van der Waals surface area contributed by atoms with Crippen LogP contribution >= 0.6 is 11.3 Å². The number of aryl methyl sites for hydroxylation is 1. The number of H-pyrrole nitrogens is 1. The van der Waals surface area contributed by atoms with Crippen molar-refractivity contribution in [3.8, 4) is 0 Å². The molecule has 0 saturated carbocycles. The van der Waals surface area contributed by atoms with Crippen molar-refractivity contribution in [1.82, 2.24) is 19.8 Å². The molecular weight excluding hydrogens is 348 g/mol. The van der Waals surface area contributed by atoms with Crippen LogP contribution in [0.25, 0.3) is 0 Å². The Labute approximate surface area is 156 Å². The predicted octanol–water partition coefficient (Wildman–Crippen LogP) is 2.12. The van der Waals surface area contributed by atoms with Crippen LogP contribution < -0.4 is 5.56 Å². The van der Waals surface area contributed by atoms with Gasteiger partial charge in [0.15, 0.2) is 0 Å². The SMILES string of the molecule is Cc1nc(CN2CC[C@@H]3CN(C(=O)c4cc[nH]c(=O)c4)C[C@@H]3CC2)cs1. The molecule has 0 radical (unpaired) electrons. The van der Waals surface area contributed by atoms with Crippen LogP contribution in [-0.2, 0) is 6.54 Å². The van der Waals surface area contributed by atoms with Crippen LogP contribution in [0.2, 0.25) is 0 Å². The van der Waals surface area contributed by atoms with Crippen molar-refractivity contribution in [3.05, 3.63) is 50.3 Å². The van der Waals surface area contributed by atoms with E-state index in [0.29, 0.717) is 17.4 Å². The first-order valence-electron chi connectivity index (χ1n) is 9.20. The Kier molecular flexibility index (Phi) is 4.91. The first-order chi connectivity index (χ1) is 12.6. The molecule has 0 aromatic carbocycles. The number of fused-ring (bicyclic) bond motifs is 1. The summed E-state index contributed by atoms with van der Waals surface area (Å²) in [6.45, 7) is 6.71. The maximum atomic E-state index is 12.7. The van der Waals surface area contributed by atoms with E-state index < -0.39 is 0 Å². The highest BCUT2D eigenvalue weighted by molar-refractivity contribution is 7.09. The summed E-state index contributed by atoms with van der Waals surface area (Å²) in [4.78, 5) is 35.7. The van der Waals surface area contributed by atoms with Crippen LogP contribution in [0.3, 0.4) is 0 Å². The molecule has 7 heteroatoms. The zero-order valence-electron chi connectivity index (χ0n) is 15.0. The largest absolute Gasteiger partial charge is 0.338 e. The highest BCUT2D eigenvalue weighted by Crippen LogP contribution is 2.32. The number of pyridine rings is 1. The Bertz CT molecular complexity index is 830. The zero-order chi connectivity index (χ0) is 18.1. The molecule has 1 N–H and O–H groups in total. The van der Waals surface area contributed by atoms with Crippen LogP contribution in [0.1, 0.15) is 33.9 Å². The predicted molar refractivity (Wildman–Crippen MR) is 101 cm³/mol. The molecule has 2 aliphatic heterocycles. The molecule has 0 bridgehead atoms. The molecule has 138 valence electrons. The van der Waals surface area contributed by atoms with Crippen LogP contribution in [-0.4, -0.2) is 51.9 Å². The summed E-state index contributed by atoms with van der Waals surface area (Å²) in [5.74, 6) is 1.10. The molecule has 0 aliphatic carbocycles. The topological polar surface area (TPSA) is 69.3 Å². The number of hydrogen-bond donors (Lipinski definition) is 1. The van der Waals surface area contributed by atoms with Crippen molar-refractivity contribution >= 4 is 17.2 Å². The second kappa shape index (κ2) is 7.32. The van der Waals surface area contributed by atoms with Crippen molar-refractivity contribution < 1.29 is 4.79 Å². The van der Waals surface area contributed by atoms with Crippen LogP contribution in [0, 0.1) is 18.8 Å². The molecule has 2 aliphatic rings. The van der Waals surface area contributed by atoms with Gasteiger partial charge in [0.05, 0.1) is 10.7 Å². The molecule has 0 unspecified atom stereocenters. The van der Waals surface area contributed by atoms with Gasteiger partial charge in [0.2, 0.25) is 5.56 Å². The first kappa shape index (κ1) is 17.4. The number of hydrogen-bond acceptors (Lipinski definition) is 5. The lowest BCUT2D eigenvalue weighted by Crippen LogP contribution is -2.31. The summed E-state index contributed by atoms with van der Waals surface area (Å²) in [7, 11) is 0. The maximum absolute atomic E-state index is 12.7. The van der Waals surface area contributed by atoms with E-state index >= 15 is 0 Å². The van der Waals surface area contributed by atoms with Gasteiger partial charge in [0.1, 0.15) is 0 Å². The van der Waals surface area contributed by atoms with Gasteiger partial charge in [0.25, 0.3) is 5.91 Å². The van der Waals surface area contributed by atoms with E-state index in [9.17, 15) is 9.59 Å². The van der Waals surface area contributed by atoms with Gasteiger partial charge in [-0.05, 0) is 50.8 Å². The average molecular weight is 372 g/mol. The molecule has 2 saturated heterocycles. The molecule has 4 heterocycles. The van der Waals surface area contributed by atoms with E-state index in [2.05, 4.69) is 20.2 Å². The molecule has 0 spiro atoms. The van der Waals surface area contributed by atoms with Gasteiger partial charge in [-0.3, -0.25) is 14.5 Å². The highest BCUT2D eigenvalue weighted by atomic mass is 32.1. The summed E-state index contributed by atoms with van der Waals surface area (Å²) in [6.07, 6.45) is 3.78. The molecule has 6 nitrogen and oxygen atoms in total. The Morgan fingerprint density at radius 3 is 2.65 bits per heavy atom. The minimum Gasteiger partial charge on any atom is -0.338 e. The lowest BCUT2D eigenvalue weighted by atomic mass is 9.92. The zero-order valence-corrected chi connectivity index (χ0v) is 15.8. The third kappa shape index (κ3) is 3.73. The number of nitrogens with zero attached hydrogens (tertiary/aromatic N) is 3. The Balaban J connectivity index is 1.36. The first-order valence-corrected chi connectivity index (χ1v) is 10.1. The van der Waals surface area contributed by atoms with Gasteiger partial charge in [0, 0.05) is 42.8 Å². The van der Waals surface area contributed by atoms with Crippen molar-refractivity contribution in [2.24, 2.45) is 11.8 Å². The number of carbonyl (C=O) groups is 1. The molecule has 2 aromatic rings. The van der Waals surface area contributed by atoms with Crippen LogP contribution in [0.15, 0.2) is 28.5 Å². The number of nitrogens with one attached hydrogen (secondary N) is 1. The van der Waals surface area contributed by atoms with E-state index in [1.807, 2.05) is 11.8 Å². The van der Waals surface area contributed by atoms with Gasteiger partial charge in [-0.1, -0.05) is 0 Å². The molecule has 2 aromatic heterocycles. The van der Waals surface area contributed by atoms with Gasteiger partial charge in [-0.25, -0.2) is 4.98 Å². The standard InChI is InChI=1S/C19H24N4O2S/c1-13-21-17(12-26-13)11-22-6-3-15-9-23(10-16(15)4-7-22)19(25)14-2-5-20-18(24)8-14/h2,5,8,12,15-16H,3-4,6-7,9-11H2,1H3,(H,20,24)/t15-,16+. The van der Waals surface area contributed by atoms with E-state index in [-0.39, 0.29) is 11.5 Å². The molecule has 2 fully saturated rings. The maximum Gasteiger partial charge on any atom is 0.254 e. The summed E-state index contributed by atoms with van der Waals surface area (Å²) in [5.41, 5.74) is 1.44. The Morgan fingerprint density at radius 2 is 2.04 bits per heavy atom. The number of carbonyl (C=O) groups excluding carboxylic acids is 1. The number of thiazole rings is 1. The molecule has 26 heavy (non-hydrogen) atoms. The van der Waals surface area contributed by atoms with Crippen molar-refractivity contribution in [3.63, 3.8) is 0 Å². The number of aromatic nitrogens is 2. The molecule has 2 atom stereocenters. The Morgan fingerprint density at radius 1 is 1.31 bits per heavy atom. The van der Waals surface area contributed by atoms with Crippen LogP contribution in [0.5, 0.6) is 0 Å². The smallest absolute Gasteiger partial charge is 0.254 e. The minimum absolute atomic E-state index is 0.0148. The highest BCUT2D eigenvalue weighted by Gasteiger charge is 2.37. The van der Waals surface area contributed by atoms with E-state index in [1.165, 1.54) is 11.8 Å². The third-order valence-electron chi connectivity index (χ3n) is 5.57. The molecule has 1 amide bonds. The lowest BCUT2D eigenvalue weighted by molar-refractivity contribution is 0.0779. The molecule has 4 rings (SSSR count). The molecular formula is C19H24N4O2S. The van der Waals surface area contributed by atoms with Crippen molar-refractivity contribution in [2.45, 2.75) is 26.3 Å². The summed E-state index contributed by atoms with van der Waals surface area (Å²) in [6, 6.07) is 3.09. The van der Waals surface area contributed by atoms with Gasteiger partial charge in [-0.2, -0.15) is 0 Å². The number of likely N-dealkylation sites (tertiary alicyclic amines) is 2. The van der Waals surface area contributed by atoms with Gasteiger partial charge < -0.3 is 9.88 Å². The second-order valence-corrected chi connectivity index (χ2v) is 8.45. The third-order valence-corrected chi connectivity index (χ3v) is 6.39. The number of amides is 1. The average Bonchev–Trinajstić information content (AvgIpc) is 3.18. The Hall–Kier alpha value is -1.99. The number of aromatic amines is 1. The lowest BCUT2D eigenvalue weighted by Gasteiger charge is -2.21. The van der Waals surface area contributed by atoms with Gasteiger partial charge >= 0.3 is 0 Å². The fourth-order valence-electron chi connectivity index (χ4n) is 4.20. The van der Waals surface area contributed by atoms with E-state index in [0.717, 1.165) is 50.6 Å². The van der Waals surface area contributed by atoms with Crippen molar-refractivity contribution in [2.75, 3.05) is 26.2 Å². The minimum atomic E-state index is -0.225. The normalized spacial score (nSPS) is 23.7. The fourth-order valence-corrected chi connectivity index (χ4v) is 4.80. The summed E-state index contributed by atoms with van der Waals surface area (Å²) < 4.78 is 0. The van der Waals surface area contributed by atoms with Crippen LogP contribution in [0.4, 0.5) is 0 Å². The monoisotopic (exact) mass is 372 g/mol. The summed E-state index contributed by atoms with van der Waals surface area (Å²) in [5, 5.41) is 3.28. The quantitative estimate of drug-likeness (QED) is 0.896.